The Morgan fingerprint density at radius 2 is 0.920 bits per heavy atom. The Morgan fingerprint density at radius 1 is 0.560 bits per heavy atom. The van der Waals surface area contributed by atoms with E-state index < -0.39 is 134 Å². The van der Waals surface area contributed by atoms with Crippen LogP contribution in [0.4, 0.5) is 37.7 Å². The van der Waals surface area contributed by atoms with Crippen molar-refractivity contribution >= 4 is 71.4 Å². The number of ether oxygens (including phenoxy) is 6. The maximum absolute atomic E-state index is 14.9. The molecule has 4 heterocycles. The molecule has 0 fully saturated rings. The van der Waals surface area contributed by atoms with Crippen LogP contribution in [-0.4, -0.2) is 143 Å². The summed E-state index contributed by atoms with van der Waals surface area (Å²) in [5, 5.41) is 0. The van der Waals surface area contributed by atoms with E-state index >= 15 is 0 Å². The van der Waals surface area contributed by atoms with Crippen molar-refractivity contribution in [1.29, 1.82) is 0 Å². The zero-order valence-electron chi connectivity index (χ0n) is 42.2. The Hall–Kier alpha value is -5.25. The minimum atomic E-state index is -6.32. The van der Waals surface area contributed by atoms with Crippen LogP contribution in [0.25, 0.3) is 0 Å². The highest BCUT2D eigenvalue weighted by Crippen LogP contribution is 2.46. The third kappa shape index (κ3) is 12.8. The highest BCUT2D eigenvalue weighted by atomic mass is 32.2. The second-order valence-corrected chi connectivity index (χ2v) is 34.4. The van der Waals surface area contributed by atoms with Gasteiger partial charge in [0.2, 0.25) is 11.4 Å². The van der Waals surface area contributed by atoms with Crippen molar-refractivity contribution in [1.82, 2.24) is 9.80 Å². The number of anilines is 2. The molecular formula is C45H58F6N4O16S2Si2. The molecule has 0 bridgehead atoms. The van der Waals surface area contributed by atoms with Crippen molar-refractivity contribution in [3.63, 3.8) is 0 Å². The van der Waals surface area contributed by atoms with Crippen LogP contribution in [0, 0.1) is 0 Å². The first-order chi connectivity index (χ1) is 34.7. The monoisotopic (exact) mass is 1140 g/mol. The van der Waals surface area contributed by atoms with Gasteiger partial charge >= 0.3 is 31.3 Å². The molecule has 4 amide bonds. The van der Waals surface area contributed by atoms with Crippen LogP contribution >= 0.6 is 0 Å². The lowest BCUT2D eigenvalue weighted by Gasteiger charge is -2.37. The summed E-state index contributed by atoms with van der Waals surface area (Å²) in [6.45, 7) is 11.0. The molecule has 0 radical (unpaired) electrons. The molecule has 416 valence electrons. The lowest BCUT2D eigenvalue weighted by atomic mass is 10.1. The van der Waals surface area contributed by atoms with E-state index in [4.69, 9.17) is 28.4 Å². The van der Waals surface area contributed by atoms with Crippen LogP contribution in [0.15, 0.2) is 60.3 Å². The Bertz CT molecular complexity index is 2640. The number of fused-ring (bicyclic) bond motifs is 4. The number of rotatable bonds is 24. The van der Waals surface area contributed by atoms with Crippen LogP contribution in [0.2, 0.25) is 51.4 Å². The second-order valence-electron chi connectivity index (χ2n) is 20.1. The summed E-state index contributed by atoms with van der Waals surface area (Å²) in [5.74, 6) is -5.76. The maximum atomic E-state index is 14.9. The van der Waals surface area contributed by atoms with E-state index in [1.165, 1.54) is 50.6 Å². The Labute approximate surface area is 431 Å². The van der Waals surface area contributed by atoms with Gasteiger partial charge in [-0.25, -0.2) is 0 Å². The molecule has 0 saturated heterocycles. The summed E-state index contributed by atoms with van der Waals surface area (Å²) in [7, 11) is -13.4. The molecule has 0 aromatic heterocycles. The Kier molecular flexibility index (Phi) is 17.3. The van der Waals surface area contributed by atoms with Crippen molar-refractivity contribution in [3.05, 3.63) is 71.4 Å². The van der Waals surface area contributed by atoms with Gasteiger partial charge in [-0.05, 0) is 67.7 Å². The second kappa shape index (κ2) is 22.0. The lowest BCUT2D eigenvalue weighted by Crippen LogP contribution is -2.58. The van der Waals surface area contributed by atoms with E-state index in [9.17, 15) is 62.4 Å². The smallest absolute Gasteiger partial charge is 0.497 e. The maximum Gasteiger partial charge on any atom is 0.534 e. The molecule has 1 unspecified atom stereocenters. The van der Waals surface area contributed by atoms with Gasteiger partial charge in [0.15, 0.2) is 0 Å². The lowest BCUT2D eigenvalue weighted by molar-refractivity contribution is -0.163. The van der Waals surface area contributed by atoms with E-state index in [1.54, 1.807) is 0 Å². The fourth-order valence-corrected chi connectivity index (χ4v) is 10.5. The van der Waals surface area contributed by atoms with E-state index in [0.29, 0.717) is 34.3 Å². The predicted molar refractivity (Wildman–Crippen MR) is 260 cm³/mol. The van der Waals surface area contributed by atoms with Crippen molar-refractivity contribution in [2.24, 2.45) is 0 Å². The number of hydrogen-bond acceptors (Lipinski definition) is 16. The largest absolute Gasteiger partial charge is 0.534 e. The van der Waals surface area contributed by atoms with Crippen LogP contribution in [-0.2, 0) is 57.1 Å². The fraction of sp³-hybridized carbons (Fsp3) is 0.556. The molecular weight excluding hydrogens is 1090 g/mol. The number of nitrogens with zero attached hydrogens (tertiary/aromatic N) is 4. The van der Waals surface area contributed by atoms with Crippen LogP contribution in [0.1, 0.15) is 52.8 Å². The third-order valence-corrected chi connectivity index (χ3v) is 17.5. The van der Waals surface area contributed by atoms with Gasteiger partial charge in [0, 0.05) is 29.4 Å². The summed E-state index contributed by atoms with van der Waals surface area (Å²) in [6.07, 6.45) is -0.814. The highest BCUT2D eigenvalue weighted by molar-refractivity contribution is 7.88. The van der Waals surface area contributed by atoms with E-state index in [-0.39, 0.29) is 66.5 Å². The minimum Gasteiger partial charge on any atom is -0.497 e. The Morgan fingerprint density at radius 3 is 1.24 bits per heavy atom. The molecule has 2 aromatic rings. The molecule has 75 heavy (non-hydrogen) atoms. The molecule has 4 aliphatic heterocycles. The van der Waals surface area contributed by atoms with Crippen molar-refractivity contribution in [3.8, 4) is 11.5 Å². The molecule has 2 atom stereocenters. The molecule has 0 N–H and O–H groups in total. The molecule has 6 rings (SSSR count). The highest BCUT2D eigenvalue weighted by Gasteiger charge is 2.61. The van der Waals surface area contributed by atoms with Gasteiger partial charge in [-0.3, -0.25) is 38.8 Å². The molecule has 0 spiro atoms. The number of alkyl halides is 6. The number of benzene rings is 2. The first-order valence-corrected chi connectivity index (χ1v) is 33.5. The summed E-state index contributed by atoms with van der Waals surface area (Å²) in [6, 6.07) is 9.53. The van der Waals surface area contributed by atoms with Gasteiger partial charge in [0.1, 0.15) is 36.5 Å². The van der Waals surface area contributed by atoms with E-state index in [1.807, 2.05) is 0 Å². The van der Waals surface area contributed by atoms with Crippen LogP contribution in [0.3, 0.4) is 0 Å². The number of amides is 4. The molecule has 2 aromatic carbocycles. The zero-order chi connectivity index (χ0) is 55.7. The van der Waals surface area contributed by atoms with Crippen molar-refractivity contribution in [2.75, 3.05) is 63.9 Å². The predicted octanol–water partition coefficient (Wildman–Crippen LogP) is 7.42. The summed E-state index contributed by atoms with van der Waals surface area (Å²) in [4.78, 5) is 62.1. The molecule has 30 heteroatoms. The first-order valence-electron chi connectivity index (χ1n) is 23.2. The van der Waals surface area contributed by atoms with Gasteiger partial charge in [-0.1, -0.05) is 39.3 Å². The molecule has 0 saturated carbocycles. The van der Waals surface area contributed by atoms with E-state index in [0.717, 1.165) is 9.80 Å². The number of methoxy groups -OCH3 is 2. The number of halogens is 6. The van der Waals surface area contributed by atoms with Gasteiger partial charge in [-0.15, -0.1) is 0 Å². The fourth-order valence-electron chi connectivity index (χ4n) is 8.06. The normalized spacial score (nSPS) is 20.5. The van der Waals surface area contributed by atoms with E-state index in [2.05, 4.69) is 47.6 Å². The van der Waals surface area contributed by atoms with Gasteiger partial charge in [0.05, 0.1) is 75.2 Å². The summed E-state index contributed by atoms with van der Waals surface area (Å²) >= 11 is 0. The van der Waals surface area contributed by atoms with Gasteiger partial charge < -0.3 is 36.8 Å². The zero-order valence-corrected chi connectivity index (χ0v) is 45.8. The average Bonchev–Trinajstić information content (AvgIpc) is 3.83. The van der Waals surface area contributed by atoms with Crippen molar-refractivity contribution < 1.29 is 99.1 Å². The molecule has 20 nitrogen and oxygen atoms in total. The van der Waals surface area contributed by atoms with Crippen molar-refractivity contribution in [2.45, 2.75) is 106 Å². The number of hydrogen-bond donors (Lipinski definition) is 0. The van der Waals surface area contributed by atoms with Gasteiger partial charge in [0.25, 0.3) is 23.6 Å². The summed E-state index contributed by atoms with van der Waals surface area (Å²) < 4.78 is 174. The first kappa shape index (κ1) is 59.0. The minimum absolute atomic E-state index is 0.0111. The SMILES string of the molecule is COc1ccc2c(c1)C(=O)N1C=C(OS(=O)(=O)C(F)(F)F)CC1(OCCCCCO[C@]13CC(OS(=O)(=O)C(F)(F)F)=CN1C(=O)c1cc(OC)ccc1N(COCC[Si](C)(C)C)C3=O)C(=O)N2COCC[Si](C)(C)C. The topological polar surface area (TPSA) is 223 Å². The quantitative estimate of drug-likeness (QED) is 0.0328. The average molecular weight is 1150 g/mol. The Balaban J connectivity index is 1.27. The van der Waals surface area contributed by atoms with Gasteiger partial charge in [-0.2, -0.15) is 43.2 Å². The van der Waals surface area contributed by atoms with Crippen LogP contribution < -0.4 is 19.3 Å². The number of unbranched alkanes of at least 4 members (excludes halogenated alkanes) is 2. The number of carbonyl (C=O) groups is 4. The third-order valence-electron chi connectivity index (χ3n) is 12.1. The molecule has 0 aliphatic carbocycles. The molecule has 4 aliphatic rings. The standard InChI is InChI=1S/C45H58F6N4O16S2Si2/c1-64-30-12-14-36-34(22-30)38(56)54-26-32(70-72(60,61)44(46,47)48)24-42(54,40(58)52(36)28-66-18-20-74(3,4)5)68-16-10-9-11-17-69-43-25-33(71-73(62,63)45(49,50)51)27-55(43)39(57)35-23-31(65-2)13-15-37(35)53(41(43)59)29-67-19-21-75(6,7)8/h12-15,22-23,26-27H,9-11,16-21,24-25,28-29H2,1-8H3/t42-,43?/m0/s1. The number of carbonyl (C=O) groups excluding carboxylic acids is 4. The summed E-state index contributed by atoms with van der Waals surface area (Å²) in [5.41, 5.74) is -17.3. The van der Waals surface area contributed by atoms with Crippen LogP contribution in [0.5, 0.6) is 11.5 Å².